The predicted molar refractivity (Wildman–Crippen MR) is 114 cm³/mol. The van der Waals surface area contributed by atoms with Crippen molar-refractivity contribution < 1.29 is 4.79 Å². The van der Waals surface area contributed by atoms with Gasteiger partial charge in [-0.05, 0) is 84.3 Å². The van der Waals surface area contributed by atoms with Gasteiger partial charge in [-0.3, -0.25) is 9.88 Å². The van der Waals surface area contributed by atoms with Crippen LogP contribution < -0.4 is 5.32 Å². The number of hydrogen-bond donors (Lipinski definition) is 1. The van der Waals surface area contributed by atoms with Crippen molar-refractivity contribution in [2.45, 2.75) is 30.8 Å². The first kappa shape index (κ1) is 17.4. The van der Waals surface area contributed by atoms with Crippen LogP contribution in [0, 0.1) is 9.49 Å². The Morgan fingerprint density at radius 3 is 2.74 bits per heavy atom. The van der Waals surface area contributed by atoms with Crippen LogP contribution in [-0.2, 0) is 0 Å². The zero-order chi connectivity index (χ0) is 18.4. The molecule has 0 saturated carbocycles. The number of likely N-dealkylation sites (tertiary alicyclic amines) is 1. The van der Waals surface area contributed by atoms with E-state index in [4.69, 9.17) is 0 Å². The number of rotatable bonds is 2. The van der Waals surface area contributed by atoms with Crippen molar-refractivity contribution in [1.82, 2.24) is 14.8 Å². The molecule has 1 aromatic heterocycles. The largest absolute Gasteiger partial charge is 0.322 e. The van der Waals surface area contributed by atoms with Gasteiger partial charge in [0.2, 0.25) is 0 Å². The van der Waals surface area contributed by atoms with Crippen LogP contribution in [-0.4, -0.2) is 52.5 Å². The second-order valence-corrected chi connectivity index (χ2v) is 9.09. The van der Waals surface area contributed by atoms with Gasteiger partial charge < -0.3 is 10.2 Å². The molecule has 2 aromatic rings. The van der Waals surface area contributed by atoms with Gasteiger partial charge in [0, 0.05) is 40.2 Å². The minimum atomic E-state index is 0.0344. The summed E-state index contributed by atoms with van der Waals surface area (Å²) in [6.07, 6.45) is 6.21. The van der Waals surface area contributed by atoms with E-state index in [1.165, 1.54) is 18.4 Å². The molecule has 4 aliphatic heterocycles. The van der Waals surface area contributed by atoms with Gasteiger partial charge in [-0.25, -0.2) is 4.79 Å². The number of urea groups is 1. The molecule has 4 fully saturated rings. The lowest BCUT2D eigenvalue weighted by atomic mass is 9.75. The number of fused-ring (bicyclic) bond motifs is 2. The Kier molecular flexibility index (Phi) is 4.55. The van der Waals surface area contributed by atoms with Crippen LogP contribution in [0.5, 0.6) is 0 Å². The van der Waals surface area contributed by atoms with E-state index in [1.54, 1.807) is 0 Å². The van der Waals surface area contributed by atoms with E-state index in [1.807, 2.05) is 42.7 Å². The normalized spacial score (nSPS) is 31.6. The molecule has 6 rings (SSSR count). The van der Waals surface area contributed by atoms with E-state index in [-0.39, 0.29) is 6.03 Å². The number of nitrogens with one attached hydrogen (secondary N) is 1. The summed E-state index contributed by atoms with van der Waals surface area (Å²) in [6, 6.07) is 12.9. The molecule has 4 saturated heterocycles. The van der Waals surface area contributed by atoms with Crippen LogP contribution >= 0.6 is 22.6 Å². The van der Waals surface area contributed by atoms with Crippen molar-refractivity contribution in [3.8, 4) is 0 Å². The number of hydrogen-bond acceptors (Lipinski definition) is 3. The van der Waals surface area contributed by atoms with E-state index in [9.17, 15) is 4.79 Å². The third-order valence-corrected chi connectivity index (χ3v) is 7.11. The molecular formula is C21H23IN4O. The number of aromatic nitrogens is 1. The topological polar surface area (TPSA) is 48.5 Å². The van der Waals surface area contributed by atoms with Gasteiger partial charge in [0.15, 0.2) is 0 Å². The molecule has 0 radical (unpaired) electrons. The number of anilines is 1. The predicted octanol–water partition coefficient (Wildman–Crippen LogP) is 3.78. The van der Waals surface area contributed by atoms with Crippen molar-refractivity contribution >= 4 is 34.3 Å². The molecule has 2 amide bonds. The maximum Gasteiger partial charge on any atom is 0.322 e. The quantitative estimate of drug-likeness (QED) is 0.675. The zero-order valence-corrected chi connectivity index (χ0v) is 17.2. The second kappa shape index (κ2) is 7.05. The Balaban J connectivity index is 1.44. The molecule has 5 nitrogen and oxygen atoms in total. The van der Waals surface area contributed by atoms with Crippen LogP contribution in [0.1, 0.15) is 24.3 Å². The van der Waals surface area contributed by atoms with Gasteiger partial charge in [0.1, 0.15) is 0 Å². The van der Waals surface area contributed by atoms with Gasteiger partial charge in [0.05, 0.1) is 6.04 Å². The number of nitrogens with zero attached hydrogens (tertiary/aromatic N) is 3. The van der Waals surface area contributed by atoms with Crippen molar-refractivity contribution in [2.24, 2.45) is 5.92 Å². The van der Waals surface area contributed by atoms with Crippen molar-refractivity contribution in [2.75, 3.05) is 25.0 Å². The Morgan fingerprint density at radius 2 is 2.00 bits per heavy atom. The lowest BCUT2D eigenvalue weighted by Gasteiger charge is -2.51. The molecule has 2 bridgehead atoms. The molecule has 6 heteroatoms. The number of piperidine rings is 3. The van der Waals surface area contributed by atoms with Gasteiger partial charge >= 0.3 is 6.03 Å². The van der Waals surface area contributed by atoms with Gasteiger partial charge in [-0.1, -0.05) is 12.1 Å². The Hall–Kier alpha value is -1.67. The number of carbonyl (C=O) groups is 1. The summed E-state index contributed by atoms with van der Waals surface area (Å²) < 4.78 is 1.13. The van der Waals surface area contributed by atoms with Gasteiger partial charge in [0.25, 0.3) is 0 Å². The fourth-order valence-corrected chi connectivity index (χ4v) is 5.85. The fourth-order valence-electron chi connectivity index (χ4n) is 5.30. The van der Waals surface area contributed by atoms with E-state index in [0.29, 0.717) is 23.9 Å². The average Bonchev–Trinajstić information content (AvgIpc) is 3.13. The third kappa shape index (κ3) is 3.12. The van der Waals surface area contributed by atoms with Crippen molar-refractivity contribution in [1.29, 1.82) is 0 Å². The maximum absolute atomic E-state index is 13.2. The monoisotopic (exact) mass is 474 g/mol. The van der Waals surface area contributed by atoms with E-state index in [0.717, 1.165) is 28.9 Å². The van der Waals surface area contributed by atoms with E-state index >= 15 is 0 Å². The van der Waals surface area contributed by atoms with Crippen LogP contribution in [0.4, 0.5) is 10.5 Å². The lowest BCUT2D eigenvalue weighted by molar-refractivity contribution is 0.00493. The highest BCUT2D eigenvalue weighted by Gasteiger charge is 2.54. The molecule has 27 heavy (non-hydrogen) atoms. The molecule has 4 aliphatic rings. The summed E-state index contributed by atoms with van der Waals surface area (Å²) in [5.41, 5.74) is 2.12. The first-order chi connectivity index (χ1) is 13.2. The SMILES string of the molecule is O=C(Nc1cccc(I)c1)N1CC(c2cccnc2)C2C1C1CCN2CC1. The molecule has 1 aromatic carbocycles. The zero-order valence-electron chi connectivity index (χ0n) is 15.1. The molecule has 1 N–H and O–H groups in total. The standard InChI is InChI=1S/C21H23IN4O/c22-16-4-1-5-17(11-16)24-21(27)26-13-18(15-3-2-8-23-12-15)20-19(26)14-6-9-25(20)10-7-14/h1-5,8,11-12,14,18-20H,6-7,9-10,13H2,(H,24,27). The van der Waals surface area contributed by atoms with E-state index in [2.05, 4.69) is 48.8 Å². The first-order valence-electron chi connectivity index (χ1n) is 9.68. The Morgan fingerprint density at radius 1 is 1.15 bits per heavy atom. The first-order valence-corrected chi connectivity index (χ1v) is 10.8. The summed E-state index contributed by atoms with van der Waals surface area (Å²) >= 11 is 2.28. The summed E-state index contributed by atoms with van der Waals surface area (Å²) in [4.78, 5) is 22.3. The fraction of sp³-hybridized carbons (Fsp3) is 0.429. The number of halogens is 1. The number of benzene rings is 1. The highest BCUT2D eigenvalue weighted by atomic mass is 127. The summed E-state index contributed by atoms with van der Waals surface area (Å²) in [7, 11) is 0. The number of carbonyl (C=O) groups excluding carboxylic acids is 1. The van der Waals surface area contributed by atoms with Crippen LogP contribution in [0.25, 0.3) is 0 Å². The highest BCUT2D eigenvalue weighted by molar-refractivity contribution is 14.1. The Labute approximate surface area is 173 Å². The van der Waals surface area contributed by atoms with Crippen LogP contribution in [0.3, 0.4) is 0 Å². The number of pyridine rings is 1. The molecule has 140 valence electrons. The molecule has 0 aliphatic carbocycles. The van der Waals surface area contributed by atoms with Crippen LogP contribution in [0.2, 0.25) is 0 Å². The molecular weight excluding hydrogens is 451 g/mol. The Bertz CT molecular complexity index is 837. The number of amides is 2. The second-order valence-electron chi connectivity index (χ2n) is 7.84. The van der Waals surface area contributed by atoms with Gasteiger partial charge in [-0.15, -0.1) is 0 Å². The minimum absolute atomic E-state index is 0.0344. The maximum atomic E-state index is 13.2. The highest BCUT2D eigenvalue weighted by Crippen LogP contribution is 2.46. The summed E-state index contributed by atoms with van der Waals surface area (Å²) in [5.74, 6) is 0.955. The average molecular weight is 474 g/mol. The van der Waals surface area contributed by atoms with E-state index < -0.39 is 0 Å². The third-order valence-electron chi connectivity index (χ3n) is 6.44. The molecule has 3 atom stereocenters. The van der Waals surface area contributed by atoms with Crippen LogP contribution in [0.15, 0.2) is 48.8 Å². The summed E-state index contributed by atoms with van der Waals surface area (Å²) in [6.45, 7) is 3.09. The van der Waals surface area contributed by atoms with Crippen molar-refractivity contribution in [3.63, 3.8) is 0 Å². The molecule has 5 heterocycles. The lowest BCUT2D eigenvalue weighted by Crippen LogP contribution is -2.61. The minimum Gasteiger partial charge on any atom is -0.319 e. The van der Waals surface area contributed by atoms with Gasteiger partial charge in [-0.2, -0.15) is 0 Å². The molecule has 0 spiro atoms. The smallest absolute Gasteiger partial charge is 0.319 e. The van der Waals surface area contributed by atoms with Crippen molar-refractivity contribution in [3.05, 3.63) is 57.9 Å². The molecule has 3 unspecified atom stereocenters. The summed E-state index contributed by atoms with van der Waals surface area (Å²) in [5, 5.41) is 3.14.